The van der Waals surface area contributed by atoms with Crippen molar-refractivity contribution in [1.29, 1.82) is 5.26 Å². The summed E-state index contributed by atoms with van der Waals surface area (Å²) in [6, 6.07) is 20.2. The van der Waals surface area contributed by atoms with Gasteiger partial charge in [-0.15, -0.1) is 0 Å². The second kappa shape index (κ2) is 7.28. The molecule has 4 heteroatoms. The molecule has 138 valence electrons. The van der Waals surface area contributed by atoms with Crippen molar-refractivity contribution in [3.8, 4) is 17.3 Å². The van der Waals surface area contributed by atoms with Gasteiger partial charge in [0.2, 0.25) is 0 Å². The van der Waals surface area contributed by atoms with Gasteiger partial charge in [-0.25, -0.2) is 4.98 Å². The Morgan fingerprint density at radius 3 is 2.57 bits per heavy atom. The van der Waals surface area contributed by atoms with Crippen LogP contribution in [0.5, 0.6) is 0 Å². The molecule has 28 heavy (non-hydrogen) atoms. The molecule has 0 unspecified atom stereocenters. The fraction of sp³-hybridized carbons (Fsp3) is 0.208. The van der Waals surface area contributed by atoms with Crippen molar-refractivity contribution in [2.45, 2.75) is 33.2 Å². The zero-order valence-electron chi connectivity index (χ0n) is 16.3. The van der Waals surface area contributed by atoms with Gasteiger partial charge in [0, 0.05) is 17.7 Å². The maximum atomic E-state index is 9.32. The van der Waals surface area contributed by atoms with Crippen molar-refractivity contribution in [2.75, 3.05) is 0 Å². The maximum Gasteiger partial charge on any atom is 0.112 e. The lowest BCUT2D eigenvalue weighted by atomic mass is 10.0. The molecule has 0 aliphatic heterocycles. The van der Waals surface area contributed by atoms with Gasteiger partial charge in [-0.1, -0.05) is 50.2 Å². The molecule has 2 aromatic carbocycles. The second-order valence-corrected chi connectivity index (χ2v) is 7.36. The zero-order valence-corrected chi connectivity index (χ0v) is 16.3. The summed E-state index contributed by atoms with van der Waals surface area (Å²) in [4.78, 5) is 9.53. The van der Waals surface area contributed by atoms with Crippen LogP contribution in [0.4, 0.5) is 0 Å². The highest BCUT2D eigenvalue weighted by molar-refractivity contribution is 5.79. The molecule has 2 aromatic heterocycles. The average molecular weight is 366 g/mol. The Balaban J connectivity index is 1.72. The van der Waals surface area contributed by atoms with Gasteiger partial charge in [0.1, 0.15) is 5.82 Å². The first-order valence-corrected chi connectivity index (χ1v) is 9.48. The van der Waals surface area contributed by atoms with Crippen LogP contribution < -0.4 is 0 Å². The van der Waals surface area contributed by atoms with E-state index in [-0.39, 0.29) is 0 Å². The Kier molecular flexibility index (Phi) is 4.67. The Labute approximate surface area is 165 Å². The first-order valence-electron chi connectivity index (χ1n) is 9.48. The summed E-state index contributed by atoms with van der Waals surface area (Å²) in [5.41, 5.74) is 6.85. The third-order valence-corrected chi connectivity index (χ3v) is 5.02. The van der Waals surface area contributed by atoms with Crippen LogP contribution in [0.25, 0.3) is 22.3 Å². The van der Waals surface area contributed by atoms with Crippen molar-refractivity contribution in [3.63, 3.8) is 0 Å². The Morgan fingerprint density at radius 2 is 1.86 bits per heavy atom. The SMILES string of the molecule is Cc1cccc2c1nc(C(C)C)n2Cc1ccc(-c2ccccc2C#N)nc1. The summed E-state index contributed by atoms with van der Waals surface area (Å²) in [6.07, 6.45) is 1.90. The molecular formula is C24H22N4. The number of pyridine rings is 1. The quantitative estimate of drug-likeness (QED) is 0.482. The molecule has 0 aliphatic carbocycles. The molecule has 0 spiro atoms. The molecule has 0 bridgehead atoms. The first-order chi connectivity index (χ1) is 13.6. The second-order valence-electron chi connectivity index (χ2n) is 7.36. The summed E-state index contributed by atoms with van der Waals surface area (Å²) < 4.78 is 2.28. The number of hydrogen-bond acceptors (Lipinski definition) is 3. The van der Waals surface area contributed by atoms with Crippen LogP contribution in [-0.2, 0) is 6.54 Å². The van der Waals surface area contributed by atoms with Crippen molar-refractivity contribution in [1.82, 2.24) is 14.5 Å². The number of hydrogen-bond donors (Lipinski definition) is 0. The lowest BCUT2D eigenvalue weighted by molar-refractivity contribution is 0.682. The van der Waals surface area contributed by atoms with Gasteiger partial charge in [-0.3, -0.25) is 4.98 Å². The van der Waals surface area contributed by atoms with Gasteiger partial charge < -0.3 is 4.57 Å². The van der Waals surface area contributed by atoms with Crippen molar-refractivity contribution < 1.29 is 0 Å². The van der Waals surface area contributed by atoms with E-state index in [4.69, 9.17) is 4.98 Å². The predicted octanol–water partition coefficient (Wildman–Crippen LogP) is 5.45. The molecule has 0 radical (unpaired) electrons. The van der Waals surface area contributed by atoms with Gasteiger partial charge in [0.15, 0.2) is 0 Å². The van der Waals surface area contributed by atoms with E-state index in [1.807, 2.05) is 36.5 Å². The Bertz CT molecular complexity index is 1180. The molecule has 0 saturated heterocycles. The van der Waals surface area contributed by atoms with E-state index < -0.39 is 0 Å². The topological polar surface area (TPSA) is 54.5 Å². The summed E-state index contributed by atoms with van der Waals surface area (Å²) in [6.45, 7) is 7.17. The fourth-order valence-corrected chi connectivity index (χ4v) is 3.58. The van der Waals surface area contributed by atoms with E-state index in [9.17, 15) is 5.26 Å². The number of aryl methyl sites for hydroxylation is 1. The monoisotopic (exact) mass is 366 g/mol. The lowest BCUT2D eigenvalue weighted by Crippen LogP contribution is -2.07. The van der Waals surface area contributed by atoms with E-state index in [1.165, 1.54) is 5.56 Å². The summed E-state index contributed by atoms with van der Waals surface area (Å²) in [5.74, 6) is 1.42. The van der Waals surface area contributed by atoms with E-state index in [0.717, 1.165) is 40.2 Å². The van der Waals surface area contributed by atoms with E-state index in [2.05, 4.69) is 60.7 Å². The van der Waals surface area contributed by atoms with Crippen molar-refractivity contribution in [2.24, 2.45) is 0 Å². The molecule has 0 N–H and O–H groups in total. The standard InChI is InChI=1S/C24H22N4/c1-16(2)24-27-23-17(3)7-6-10-22(23)28(24)15-18-11-12-21(26-14-18)20-9-5-4-8-19(20)13-25/h4-12,14,16H,15H2,1-3H3. The number of fused-ring (bicyclic) bond motifs is 1. The first kappa shape index (κ1) is 17.9. The van der Waals surface area contributed by atoms with Gasteiger partial charge in [0.05, 0.1) is 34.9 Å². The van der Waals surface area contributed by atoms with E-state index in [0.29, 0.717) is 11.5 Å². The van der Waals surface area contributed by atoms with Crippen LogP contribution in [0.1, 0.15) is 42.3 Å². The number of aromatic nitrogens is 3. The fourth-order valence-electron chi connectivity index (χ4n) is 3.58. The summed E-state index contributed by atoms with van der Waals surface area (Å²) >= 11 is 0. The number of nitrogens with zero attached hydrogens (tertiary/aromatic N) is 4. The summed E-state index contributed by atoms with van der Waals surface area (Å²) in [5, 5.41) is 9.32. The normalized spacial score (nSPS) is 11.1. The number of nitriles is 1. The van der Waals surface area contributed by atoms with E-state index >= 15 is 0 Å². The number of rotatable bonds is 4. The van der Waals surface area contributed by atoms with Crippen LogP contribution in [0.2, 0.25) is 0 Å². The predicted molar refractivity (Wildman–Crippen MR) is 112 cm³/mol. The third-order valence-electron chi connectivity index (χ3n) is 5.02. The van der Waals surface area contributed by atoms with Crippen molar-refractivity contribution in [3.05, 3.63) is 83.3 Å². The number of imidazole rings is 1. The maximum absolute atomic E-state index is 9.32. The van der Waals surface area contributed by atoms with Crippen LogP contribution in [0, 0.1) is 18.3 Å². The van der Waals surface area contributed by atoms with Crippen LogP contribution in [0.15, 0.2) is 60.8 Å². The lowest BCUT2D eigenvalue weighted by Gasteiger charge is -2.12. The summed E-state index contributed by atoms with van der Waals surface area (Å²) in [7, 11) is 0. The minimum atomic E-state index is 0.335. The molecule has 4 aromatic rings. The Hall–Kier alpha value is -3.45. The number of benzene rings is 2. The minimum absolute atomic E-state index is 0.335. The molecule has 0 amide bonds. The molecule has 2 heterocycles. The smallest absolute Gasteiger partial charge is 0.112 e. The van der Waals surface area contributed by atoms with Gasteiger partial charge in [0.25, 0.3) is 0 Å². The zero-order chi connectivity index (χ0) is 19.7. The van der Waals surface area contributed by atoms with Gasteiger partial charge in [-0.2, -0.15) is 5.26 Å². The molecule has 4 nitrogen and oxygen atoms in total. The molecule has 4 rings (SSSR count). The van der Waals surface area contributed by atoms with Crippen molar-refractivity contribution >= 4 is 11.0 Å². The molecule has 0 aliphatic rings. The molecule has 0 saturated carbocycles. The van der Waals surface area contributed by atoms with Crippen LogP contribution in [-0.4, -0.2) is 14.5 Å². The highest BCUT2D eigenvalue weighted by atomic mass is 15.1. The molecule has 0 fully saturated rings. The highest BCUT2D eigenvalue weighted by Crippen LogP contribution is 2.26. The van der Waals surface area contributed by atoms with Crippen LogP contribution in [0.3, 0.4) is 0 Å². The molecule has 0 atom stereocenters. The largest absolute Gasteiger partial charge is 0.323 e. The Morgan fingerprint density at radius 1 is 1.04 bits per heavy atom. The average Bonchev–Trinajstić information content (AvgIpc) is 3.09. The van der Waals surface area contributed by atoms with Gasteiger partial charge in [-0.05, 0) is 36.2 Å². The highest BCUT2D eigenvalue weighted by Gasteiger charge is 2.15. The molecular weight excluding hydrogens is 344 g/mol. The number of para-hydroxylation sites is 1. The third kappa shape index (κ3) is 3.16. The van der Waals surface area contributed by atoms with Gasteiger partial charge >= 0.3 is 0 Å². The van der Waals surface area contributed by atoms with E-state index in [1.54, 1.807) is 0 Å². The van der Waals surface area contributed by atoms with Crippen LogP contribution >= 0.6 is 0 Å². The minimum Gasteiger partial charge on any atom is -0.323 e.